The number of amides is 2. The second-order valence-electron chi connectivity index (χ2n) is 9.90. The zero-order chi connectivity index (χ0) is 27.4. The highest BCUT2D eigenvalue weighted by atomic mass is 32.1. The van der Waals surface area contributed by atoms with E-state index in [1.165, 1.54) is 35.6 Å². The van der Waals surface area contributed by atoms with Gasteiger partial charge in [0.05, 0.1) is 32.8 Å². The van der Waals surface area contributed by atoms with Crippen LogP contribution in [0.25, 0.3) is 0 Å². The van der Waals surface area contributed by atoms with E-state index < -0.39 is 5.92 Å². The molecule has 0 N–H and O–H groups in total. The number of carbonyl (C=O) groups is 3. The SMILES string of the molecule is N#Cc1ccc(CN(CC2=NC(=O)C3COCCC3=N2)C(=O)CN2CCC(C(=O)c3ccc(F)cc3)CC2)s1. The number of fused-ring (bicyclic) bond motifs is 1. The van der Waals surface area contributed by atoms with Crippen molar-refractivity contribution in [1.82, 2.24) is 9.80 Å². The minimum Gasteiger partial charge on any atom is -0.380 e. The molecule has 5 rings (SSSR count). The lowest BCUT2D eigenvalue weighted by molar-refractivity contribution is -0.132. The van der Waals surface area contributed by atoms with Gasteiger partial charge < -0.3 is 9.64 Å². The predicted molar refractivity (Wildman–Crippen MR) is 143 cm³/mol. The molecule has 2 amide bonds. The Labute approximate surface area is 229 Å². The van der Waals surface area contributed by atoms with Crippen molar-refractivity contribution >= 4 is 40.5 Å². The zero-order valence-electron chi connectivity index (χ0n) is 21.3. The Hall–Kier alpha value is -3.59. The van der Waals surface area contributed by atoms with E-state index in [4.69, 9.17) is 4.74 Å². The van der Waals surface area contributed by atoms with Gasteiger partial charge in [-0.25, -0.2) is 9.38 Å². The summed E-state index contributed by atoms with van der Waals surface area (Å²) in [6.07, 6.45) is 1.78. The van der Waals surface area contributed by atoms with Crippen molar-refractivity contribution in [1.29, 1.82) is 5.26 Å². The fourth-order valence-electron chi connectivity index (χ4n) is 5.07. The highest BCUT2D eigenvalue weighted by molar-refractivity contribution is 7.12. The molecule has 39 heavy (non-hydrogen) atoms. The van der Waals surface area contributed by atoms with E-state index in [1.54, 1.807) is 11.0 Å². The lowest BCUT2D eigenvalue weighted by Crippen LogP contribution is -2.46. The van der Waals surface area contributed by atoms with Crippen molar-refractivity contribution in [3.63, 3.8) is 0 Å². The maximum absolute atomic E-state index is 13.5. The number of ether oxygens (including phenoxy) is 1. The van der Waals surface area contributed by atoms with E-state index in [0.717, 1.165) is 10.6 Å². The molecular formula is C28H28FN5O4S. The van der Waals surface area contributed by atoms with Crippen LogP contribution in [0.1, 0.15) is 39.4 Å². The summed E-state index contributed by atoms with van der Waals surface area (Å²) in [5.74, 6) is -1.12. The fraction of sp³-hybridized carbons (Fsp3) is 0.429. The number of benzene rings is 1. The molecule has 1 unspecified atom stereocenters. The van der Waals surface area contributed by atoms with E-state index >= 15 is 0 Å². The average molecular weight is 550 g/mol. The van der Waals surface area contributed by atoms with Gasteiger partial charge in [0.2, 0.25) is 5.91 Å². The number of hydrogen-bond acceptors (Lipinski definition) is 8. The molecule has 1 aromatic heterocycles. The van der Waals surface area contributed by atoms with Gasteiger partial charge in [-0.2, -0.15) is 10.3 Å². The van der Waals surface area contributed by atoms with Crippen LogP contribution in [0.5, 0.6) is 0 Å². The Balaban J connectivity index is 1.24. The van der Waals surface area contributed by atoms with Gasteiger partial charge in [-0.05, 0) is 62.3 Å². The molecule has 2 saturated heterocycles. The van der Waals surface area contributed by atoms with E-state index in [0.29, 0.717) is 55.2 Å². The maximum Gasteiger partial charge on any atom is 0.258 e. The van der Waals surface area contributed by atoms with Crippen molar-refractivity contribution in [3.05, 3.63) is 57.5 Å². The minimum atomic E-state index is -0.443. The molecule has 4 heterocycles. The number of hydrogen-bond donors (Lipinski definition) is 0. The number of piperidine rings is 1. The summed E-state index contributed by atoms with van der Waals surface area (Å²) >= 11 is 1.32. The van der Waals surface area contributed by atoms with E-state index in [9.17, 15) is 24.0 Å². The fourth-order valence-corrected chi connectivity index (χ4v) is 5.89. The van der Waals surface area contributed by atoms with Crippen molar-refractivity contribution < 1.29 is 23.5 Å². The van der Waals surface area contributed by atoms with Crippen LogP contribution in [0, 0.1) is 29.0 Å². The van der Waals surface area contributed by atoms with Crippen molar-refractivity contribution in [2.75, 3.05) is 39.4 Å². The third-order valence-corrected chi connectivity index (χ3v) is 8.22. The third-order valence-electron chi connectivity index (χ3n) is 7.25. The first-order chi connectivity index (χ1) is 18.9. The normalized spacial score (nSPS) is 20.0. The van der Waals surface area contributed by atoms with Gasteiger partial charge in [0.1, 0.15) is 22.7 Å². The van der Waals surface area contributed by atoms with Gasteiger partial charge in [0.15, 0.2) is 11.6 Å². The van der Waals surface area contributed by atoms with Gasteiger partial charge in [0, 0.05) is 28.5 Å². The number of rotatable bonds is 8. The number of halogens is 1. The number of ketones is 1. The molecule has 9 nitrogen and oxygen atoms in total. The zero-order valence-corrected chi connectivity index (χ0v) is 22.2. The molecule has 1 aromatic carbocycles. The first kappa shape index (κ1) is 27.0. The summed E-state index contributed by atoms with van der Waals surface area (Å²) in [6.45, 7) is 2.46. The summed E-state index contributed by atoms with van der Waals surface area (Å²) in [4.78, 5) is 52.7. The first-order valence-corrected chi connectivity index (χ1v) is 13.8. The van der Waals surface area contributed by atoms with Crippen LogP contribution in [-0.2, 0) is 20.9 Å². The van der Waals surface area contributed by atoms with Gasteiger partial charge in [-0.1, -0.05) is 0 Å². The number of aliphatic imine (C=N–C) groups is 2. The highest BCUT2D eigenvalue weighted by Crippen LogP contribution is 2.24. The number of Topliss-reactive ketones (excluding diaryl/α,β-unsaturated/α-hetero) is 1. The highest BCUT2D eigenvalue weighted by Gasteiger charge is 2.33. The summed E-state index contributed by atoms with van der Waals surface area (Å²) in [7, 11) is 0. The molecular weight excluding hydrogens is 521 g/mol. The number of likely N-dealkylation sites (tertiary alicyclic amines) is 1. The van der Waals surface area contributed by atoms with Crippen molar-refractivity contribution in [2.24, 2.45) is 21.8 Å². The second-order valence-corrected chi connectivity index (χ2v) is 11.1. The van der Waals surface area contributed by atoms with Crippen LogP contribution in [0.15, 0.2) is 46.4 Å². The Kier molecular flexibility index (Phi) is 8.35. The lowest BCUT2D eigenvalue weighted by atomic mass is 9.89. The topological polar surface area (TPSA) is 115 Å². The van der Waals surface area contributed by atoms with Crippen LogP contribution in [0.4, 0.5) is 4.39 Å². The van der Waals surface area contributed by atoms with Gasteiger partial charge in [-0.3, -0.25) is 19.3 Å². The predicted octanol–water partition coefficient (Wildman–Crippen LogP) is 3.10. The Morgan fingerprint density at radius 3 is 2.62 bits per heavy atom. The summed E-state index contributed by atoms with van der Waals surface area (Å²) in [5, 5.41) is 9.20. The molecule has 3 aliphatic rings. The standard InChI is InChI=1S/C28H28FN5O4S/c29-20-3-1-18(2-4-20)27(36)19-7-10-33(11-8-19)16-26(35)34(14-22-6-5-21(13-30)39-22)15-25-31-24-9-12-38-17-23(24)28(37)32-25/h1-6,19,23H,7-12,14-17H2. The van der Waals surface area contributed by atoms with E-state index in [1.807, 2.05) is 11.0 Å². The molecule has 0 aliphatic carbocycles. The number of nitrogens with zero attached hydrogens (tertiary/aromatic N) is 5. The van der Waals surface area contributed by atoms with Crippen LogP contribution >= 0.6 is 11.3 Å². The van der Waals surface area contributed by atoms with Crippen LogP contribution in [0.3, 0.4) is 0 Å². The molecule has 1 atom stereocenters. The van der Waals surface area contributed by atoms with E-state index in [2.05, 4.69) is 16.1 Å². The van der Waals surface area contributed by atoms with Crippen LogP contribution in [-0.4, -0.2) is 78.3 Å². The molecule has 202 valence electrons. The molecule has 0 bridgehead atoms. The molecule has 0 saturated carbocycles. The average Bonchev–Trinajstić information content (AvgIpc) is 3.41. The largest absolute Gasteiger partial charge is 0.380 e. The molecule has 0 spiro atoms. The summed E-state index contributed by atoms with van der Waals surface area (Å²) < 4.78 is 18.6. The second kappa shape index (κ2) is 12.1. The van der Waals surface area contributed by atoms with Gasteiger partial charge in [-0.15, -0.1) is 11.3 Å². The van der Waals surface area contributed by atoms with E-state index in [-0.39, 0.29) is 55.6 Å². The molecule has 2 aromatic rings. The maximum atomic E-state index is 13.5. The van der Waals surface area contributed by atoms with Gasteiger partial charge in [0.25, 0.3) is 5.91 Å². The summed E-state index contributed by atoms with van der Waals surface area (Å²) in [5.41, 5.74) is 1.25. The molecule has 2 fully saturated rings. The molecule has 11 heteroatoms. The van der Waals surface area contributed by atoms with Crippen LogP contribution < -0.4 is 0 Å². The Morgan fingerprint density at radius 2 is 1.90 bits per heavy atom. The lowest BCUT2D eigenvalue weighted by Gasteiger charge is -2.33. The van der Waals surface area contributed by atoms with Crippen molar-refractivity contribution in [2.45, 2.75) is 25.8 Å². The monoisotopic (exact) mass is 549 g/mol. The minimum absolute atomic E-state index is 0.000832. The number of nitriles is 1. The van der Waals surface area contributed by atoms with Crippen LogP contribution in [0.2, 0.25) is 0 Å². The first-order valence-electron chi connectivity index (χ1n) is 12.9. The quantitative estimate of drug-likeness (QED) is 0.468. The number of carbonyl (C=O) groups excluding carboxylic acids is 3. The number of thiophene rings is 1. The smallest absolute Gasteiger partial charge is 0.258 e. The molecule has 0 radical (unpaired) electrons. The summed E-state index contributed by atoms with van der Waals surface area (Å²) in [6, 6.07) is 11.3. The number of amidine groups is 1. The molecule has 3 aliphatic heterocycles. The Bertz CT molecular complexity index is 1350. The van der Waals surface area contributed by atoms with Gasteiger partial charge >= 0.3 is 0 Å². The Morgan fingerprint density at radius 1 is 1.13 bits per heavy atom. The third kappa shape index (κ3) is 6.53. The van der Waals surface area contributed by atoms with Crippen molar-refractivity contribution in [3.8, 4) is 6.07 Å².